The zero-order valence-electron chi connectivity index (χ0n) is 12.3. The van der Waals surface area contributed by atoms with E-state index in [9.17, 15) is 4.79 Å². The molecular formula is C17H21NO3. The monoisotopic (exact) mass is 287 g/mol. The number of carboxylic acid groups (broad SMARTS) is 1. The Kier molecular flexibility index (Phi) is 5.93. The van der Waals surface area contributed by atoms with E-state index in [1.807, 2.05) is 32.0 Å². The van der Waals surface area contributed by atoms with Gasteiger partial charge < -0.3 is 15.9 Å². The molecule has 0 aliphatic heterocycles. The Balaban J connectivity index is 0.000000211. The van der Waals surface area contributed by atoms with Crippen molar-refractivity contribution < 1.29 is 15.0 Å². The van der Waals surface area contributed by atoms with Crippen molar-refractivity contribution >= 4 is 5.97 Å². The van der Waals surface area contributed by atoms with Crippen LogP contribution in [0.1, 0.15) is 29.8 Å². The third kappa shape index (κ3) is 6.58. The average molecular weight is 287 g/mol. The Labute approximate surface area is 124 Å². The SMILES string of the molecule is CC(C)(N)Cc1ccccc1.O=C(O)c1ccccc1O. The molecule has 0 fully saturated rings. The first kappa shape index (κ1) is 16.7. The third-order valence-electron chi connectivity index (χ3n) is 2.64. The molecule has 0 unspecified atom stereocenters. The molecule has 0 spiro atoms. The molecule has 0 radical (unpaired) electrons. The van der Waals surface area contributed by atoms with Gasteiger partial charge >= 0.3 is 5.97 Å². The second-order valence-corrected chi connectivity index (χ2v) is 5.47. The van der Waals surface area contributed by atoms with Crippen LogP contribution in [0.25, 0.3) is 0 Å². The second-order valence-electron chi connectivity index (χ2n) is 5.47. The molecule has 0 heterocycles. The number of rotatable bonds is 3. The molecule has 0 atom stereocenters. The number of aromatic carboxylic acids is 1. The maximum atomic E-state index is 10.3. The van der Waals surface area contributed by atoms with Crippen LogP contribution in [-0.2, 0) is 6.42 Å². The van der Waals surface area contributed by atoms with Crippen LogP contribution in [-0.4, -0.2) is 21.7 Å². The quantitative estimate of drug-likeness (QED) is 0.810. The van der Waals surface area contributed by atoms with Crippen molar-refractivity contribution in [2.75, 3.05) is 0 Å². The molecule has 0 bridgehead atoms. The summed E-state index contributed by atoms with van der Waals surface area (Å²) in [5, 5.41) is 17.3. The number of hydrogen-bond donors (Lipinski definition) is 3. The van der Waals surface area contributed by atoms with E-state index < -0.39 is 5.97 Å². The summed E-state index contributed by atoms with van der Waals surface area (Å²) in [5.41, 5.74) is 7.01. The van der Waals surface area contributed by atoms with Crippen LogP contribution in [0, 0.1) is 0 Å². The van der Waals surface area contributed by atoms with E-state index >= 15 is 0 Å². The maximum absolute atomic E-state index is 10.3. The van der Waals surface area contributed by atoms with E-state index in [1.54, 1.807) is 12.1 Å². The van der Waals surface area contributed by atoms with Crippen molar-refractivity contribution in [1.82, 2.24) is 0 Å². The lowest BCUT2D eigenvalue weighted by Crippen LogP contribution is -2.34. The van der Waals surface area contributed by atoms with E-state index in [1.165, 1.54) is 17.7 Å². The molecule has 112 valence electrons. The molecular weight excluding hydrogens is 266 g/mol. The van der Waals surface area contributed by atoms with Crippen LogP contribution in [0.2, 0.25) is 0 Å². The summed E-state index contributed by atoms with van der Waals surface area (Å²) in [4.78, 5) is 10.3. The summed E-state index contributed by atoms with van der Waals surface area (Å²) in [5.74, 6) is -1.31. The Hall–Kier alpha value is -2.33. The number of hydrogen-bond acceptors (Lipinski definition) is 3. The van der Waals surface area contributed by atoms with Crippen LogP contribution in [0.15, 0.2) is 54.6 Å². The minimum absolute atomic E-state index is 0.0671. The number of carbonyl (C=O) groups is 1. The molecule has 4 heteroatoms. The maximum Gasteiger partial charge on any atom is 0.339 e. The number of carboxylic acids is 1. The van der Waals surface area contributed by atoms with Gasteiger partial charge in [-0.05, 0) is 38.0 Å². The summed E-state index contributed by atoms with van der Waals surface area (Å²) in [6.07, 6.45) is 0.938. The Morgan fingerprint density at radius 3 is 2.00 bits per heavy atom. The predicted octanol–water partition coefficient (Wildman–Crippen LogP) is 3.06. The van der Waals surface area contributed by atoms with Crippen LogP contribution in [0.5, 0.6) is 5.75 Å². The van der Waals surface area contributed by atoms with Crippen molar-refractivity contribution in [3.63, 3.8) is 0 Å². The van der Waals surface area contributed by atoms with Gasteiger partial charge in [-0.3, -0.25) is 0 Å². The van der Waals surface area contributed by atoms with E-state index in [0.29, 0.717) is 0 Å². The summed E-state index contributed by atoms with van der Waals surface area (Å²) < 4.78 is 0. The first-order chi connectivity index (χ1) is 9.79. The molecule has 2 aromatic rings. The zero-order chi connectivity index (χ0) is 15.9. The number of para-hydroxylation sites is 1. The number of aromatic hydroxyl groups is 1. The van der Waals surface area contributed by atoms with Crippen LogP contribution in [0.3, 0.4) is 0 Å². The summed E-state index contributed by atoms with van der Waals surface area (Å²) in [7, 11) is 0. The van der Waals surface area contributed by atoms with Gasteiger partial charge in [-0.25, -0.2) is 4.79 Å². The van der Waals surface area contributed by atoms with E-state index in [4.69, 9.17) is 15.9 Å². The standard InChI is InChI=1S/C10H15N.C7H6O3/c1-10(2,11)8-9-6-4-3-5-7-9;8-6-4-2-1-3-5(6)7(9)10/h3-7H,8,11H2,1-2H3;1-4,8H,(H,9,10). The molecule has 0 saturated carbocycles. The van der Waals surface area contributed by atoms with Gasteiger partial charge in [-0.2, -0.15) is 0 Å². The first-order valence-electron chi connectivity index (χ1n) is 6.64. The lowest BCUT2D eigenvalue weighted by atomic mass is 9.96. The van der Waals surface area contributed by atoms with Gasteiger partial charge in [0.05, 0.1) is 0 Å². The smallest absolute Gasteiger partial charge is 0.339 e. The highest BCUT2D eigenvalue weighted by Gasteiger charge is 2.10. The van der Waals surface area contributed by atoms with Gasteiger partial charge in [0.1, 0.15) is 11.3 Å². The average Bonchev–Trinajstić information content (AvgIpc) is 2.39. The van der Waals surface area contributed by atoms with Crippen molar-refractivity contribution in [1.29, 1.82) is 0 Å². The molecule has 0 aromatic heterocycles. The summed E-state index contributed by atoms with van der Waals surface area (Å²) in [6, 6.07) is 16.1. The minimum Gasteiger partial charge on any atom is -0.507 e. The van der Waals surface area contributed by atoms with Gasteiger partial charge in [0, 0.05) is 5.54 Å². The van der Waals surface area contributed by atoms with Crippen molar-refractivity contribution in [2.45, 2.75) is 25.8 Å². The largest absolute Gasteiger partial charge is 0.507 e. The Morgan fingerprint density at radius 2 is 1.57 bits per heavy atom. The Bertz CT molecular complexity index is 574. The normalized spacial score (nSPS) is 10.4. The van der Waals surface area contributed by atoms with Gasteiger partial charge in [0.2, 0.25) is 0 Å². The molecule has 0 amide bonds. The fourth-order valence-corrected chi connectivity index (χ4v) is 1.78. The van der Waals surface area contributed by atoms with Gasteiger partial charge in [0.25, 0.3) is 0 Å². The first-order valence-corrected chi connectivity index (χ1v) is 6.64. The highest BCUT2D eigenvalue weighted by molar-refractivity contribution is 5.90. The summed E-state index contributed by atoms with van der Waals surface area (Å²) >= 11 is 0. The highest BCUT2D eigenvalue weighted by Crippen LogP contribution is 2.14. The van der Waals surface area contributed by atoms with Crippen LogP contribution in [0.4, 0.5) is 0 Å². The van der Waals surface area contributed by atoms with Crippen LogP contribution >= 0.6 is 0 Å². The molecule has 0 aliphatic carbocycles. The molecule has 4 N–H and O–H groups in total. The topological polar surface area (TPSA) is 83.6 Å². The lowest BCUT2D eigenvalue weighted by Gasteiger charge is -2.17. The van der Waals surface area contributed by atoms with E-state index in [0.717, 1.165) is 6.42 Å². The van der Waals surface area contributed by atoms with Crippen LogP contribution < -0.4 is 5.73 Å². The van der Waals surface area contributed by atoms with Gasteiger partial charge in [0.15, 0.2) is 0 Å². The molecule has 4 nitrogen and oxygen atoms in total. The molecule has 0 aliphatic rings. The molecule has 2 aromatic carbocycles. The van der Waals surface area contributed by atoms with Crippen molar-refractivity contribution in [3.05, 3.63) is 65.7 Å². The van der Waals surface area contributed by atoms with E-state index in [-0.39, 0.29) is 16.9 Å². The van der Waals surface area contributed by atoms with Crippen molar-refractivity contribution in [2.24, 2.45) is 5.73 Å². The van der Waals surface area contributed by atoms with Gasteiger partial charge in [-0.1, -0.05) is 42.5 Å². The highest BCUT2D eigenvalue weighted by atomic mass is 16.4. The summed E-state index contributed by atoms with van der Waals surface area (Å²) in [6.45, 7) is 4.08. The predicted molar refractivity (Wildman–Crippen MR) is 83.5 cm³/mol. The number of benzene rings is 2. The van der Waals surface area contributed by atoms with E-state index in [2.05, 4.69) is 12.1 Å². The van der Waals surface area contributed by atoms with Gasteiger partial charge in [-0.15, -0.1) is 0 Å². The zero-order valence-corrected chi connectivity index (χ0v) is 12.3. The fraction of sp³-hybridized carbons (Fsp3) is 0.235. The Morgan fingerprint density at radius 1 is 1.05 bits per heavy atom. The molecule has 21 heavy (non-hydrogen) atoms. The molecule has 0 saturated heterocycles. The molecule has 2 rings (SSSR count). The second kappa shape index (κ2) is 7.45. The third-order valence-corrected chi connectivity index (χ3v) is 2.64. The fourth-order valence-electron chi connectivity index (χ4n) is 1.78. The number of phenols is 1. The lowest BCUT2D eigenvalue weighted by molar-refractivity contribution is 0.0693. The number of nitrogens with two attached hydrogens (primary N) is 1. The minimum atomic E-state index is -1.11. The van der Waals surface area contributed by atoms with Crippen molar-refractivity contribution in [3.8, 4) is 5.75 Å².